The third kappa shape index (κ3) is 9.93. The Bertz CT molecular complexity index is 255. The molecule has 0 aliphatic carbocycles. The molecule has 0 saturated carbocycles. The summed E-state index contributed by atoms with van der Waals surface area (Å²) >= 11 is 0. The molecule has 0 radical (unpaired) electrons. The smallest absolute Gasteiger partial charge is 0.317 e. The van der Waals surface area contributed by atoms with E-state index >= 15 is 0 Å². The maximum Gasteiger partial charge on any atom is 0.317 e. The second kappa shape index (κ2) is 9.74. The van der Waals surface area contributed by atoms with Crippen LogP contribution in [0.2, 0.25) is 0 Å². The van der Waals surface area contributed by atoms with E-state index < -0.39 is 5.97 Å². The lowest BCUT2D eigenvalue weighted by atomic mass is 10.1. The first-order chi connectivity index (χ1) is 8.43. The summed E-state index contributed by atoms with van der Waals surface area (Å²) in [5, 5.41) is 11.3. The summed E-state index contributed by atoms with van der Waals surface area (Å²) in [5.41, 5.74) is 0. The highest BCUT2D eigenvalue weighted by Crippen LogP contribution is 2.05. The number of carboxylic acids is 1. The third-order valence-electron chi connectivity index (χ3n) is 2.72. The van der Waals surface area contributed by atoms with Crippen molar-refractivity contribution in [3.8, 4) is 0 Å². The van der Waals surface area contributed by atoms with Gasteiger partial charge in [0.2, 0.25) is 0 Å². The molecule has 0 unspecified atom stereocenters. The summed E-state index contributed by atoms with van der Waals surface area (Å²) in [5.74, 6) is -0.114. The molecule has 2 N–H and O–H groups in total. The number of amides is 2. The fourth-order valence-electron chi connectivity index (χ4n) is 1.58. The van der Waals surface area contributed by atoms with Crippen molar-refractivity contribution in [2.45, 2.75) is 46.0 Å². The fraction of sp³-hybridized carbons (Fsp3) is 0.846. The quantitative estimate of drug-likeness (QED) is 0.623. The van der Waals surface area contributed by atoms with E-state index in [0.29, 0.717) is 25.4 Å². The van der Waals surface area contributed by atoms with Crippen molar-refractivity contribution in [1.82, 2.24) is 10.2 Å². The van der Waals surface area contributed by atoms with E-state index in [1.165, 1.54) is 11.3 Å². The highest BCUT2D eigenvalue weighted by molar-refractivity contribution is 5.73. The molecule has 0 aromatic carbocycles. The number of urea groups is 1. The van der Waals surface area contributed by atoms with Gasteiger partial charge in [0.25, 0.3) is 0 Å². The minimum Gasteiger partial charge on any atom is -0.481 e. The minimum absolute atomic E-state index is 0.103. The van der Waals surface area contributed by atoms with Crippen LogP contribution in [-0.2, 0) is 4.79 Å². The Kier molecular flexibility index (Phi) is 9.06. The lowest BCUT2D eigenvalue weighted by molar-refractivity contribution is -0.137. The van der Waals surface area contributed by atoms with Crippen molar-refractivity contribution in [3.63, 3.8) is 0 Å². The maximum absolute atomic E-state index is 11.6. The number of carboxylic acid groups (broad SMARTS) is 1. The van der Waals surface area contributed by atoms with E-state index in [-0.39, 0.29) is 12.5 Å². The molecule has 0 heterocycles. The minimum atomic E-state index is -0.822. The molecular weight excluding hydrogens is 232 g/mol. The average molecular weight is 258 g/mol. The van der Waals surface area contributed by atoms with Crippen molar-refractivity contribution in [1.29, 1.82) is 0 Å². The van der Waals surface area contributed by atoms with Crippen molar-refractivity contribution >= 4 is 12.0 Å². The summed E-state index contributed by atoms with van der Waals surface area (Å²) in [6, 6.07) is -0.120. The van der Waals surface area contributed by atoms with Crippen molar-refractivity contribution < 1.29 is 14.7 Å². The number of hydrogen-bond donors (Lipinski definition) is 2. The van der Waals surface area contributed by atoms with Crippen LogP contribution in [0.3, 0.4) is 0 Å². The highest BCUT2D eigenvalue weighted by atomic mass is 16.4. The summed E-state index contributed by atoms with van der Waals surface area (Å²) in [7, 11) is 1.69. The molecule has 2 amide bonds. The average Bonchev–Trinajstić information content (AvgIpc) is 2.27. The van der Waals surface area contributed by atoms with Crippen LogP contribution >= 0.6 is 0 Å². The molecular formula is C13H26N2O3. The Morgan fingerprint density at radius 3 is 2.44 bits per heavy atom. The molecule has 18 heavy (non-hydrogen) atoms. The van der Waals surface area contributed by atoms with Crippen LogP contribution in [0.4, 0.5) is 4.79 Å². The standard InChI is InChI=1S/C13H26N2O3/c1-11(2)7-4-5-9-14-13(18)15(3)10-6-8-12(16)17/h11H,4-10H2,1-3H3,(H,14,18)(H,16,17). The maximum atomic E-state index is 11.6. The molecule has 5 heteroatoms. The van der Waals surface area contributed by atoms with E-state index in [9.17, 15) is 9.59 Å². The molecule has 0 aliphatic rings. The fourth-order valence-corrected chi connectivity index (χ4v) is 1.58. The van der Waals surface area contributed by atoms with Crippen molar-refractivity contribution in [2.24, 2.45) is 5.92 Å². The van der Waals surface area contributed by atoms with Gasteiger partial charge in [0.15, 0.2) is 0 Å². The van der Waals surface area contributed by atoms with Gasteiger partial charge in [-0.25, -0.2) is 4.79 Å². The zero-order valence-electron chi connectivity index (χ0n) is 11.7. The summed E-state index contributed by atoms with van der Waals surface area (Å²) in [6.45, 7) is 5.54. The first kappa shape index (κ1) is 16.7. The normalized spacial score (nSPS) is 10.4. The predicted octanol–water partition coefficient (Wildman–Crippen LogP) is 2.32. The van der Waals surface area contributed by atoms with Gasteiger partial charge in [-0.3, -0.25) is 4.79 Å². The molecule has 0 saturated heterocycles. The zero-order chi connectivity index (χ0) is 14.0. The second-order valence-electron chi connectivity index (χ2n) is 5.04. The van der Waals surface area contributed by atoms with E-state index in [1.54, 1.807) is 7.05 Å². The molecule has 0 rings (SSSR count). The van der Waals surface area contributed by atoms with Gasteiger partial charge in [-0.1, -0.05) is 26.7 Å². The van der Waals surface area contributed by atoms with Gasteiger partial charge >= 0.3 is 12.0 Å². The van der Waals surface area contributed by atoms with Crippen LogP contribution in [-0.4, -0.2) is 42.1 Å². The lowest BCUT2D eigenvalue weighted by Gasteiger charge is -2.17. The molecule has 5 nitrogen and oxygen atoms in total. The lowest BCUT2D eigenvalue weighted by Crippen LogP contribution is -2.38. The Balaban J connectivity index is 3.53. The topological polar surface area (TPSA) is 69.6 Å². The van der Waals surface area contributed by atoms with Gasteiger partial charge in [-0.2, -0.15) is 0 Å². The Morgan fingerprint density at radius 2 is 1.89 bits per heavy atom. The number of carbonyl (C=O) groups is 2. The molecule has 0 aliphatic heterocycles. The molecule has 0 bridgehead atoms. The monoisotopic (exact) mass is 258 g/mol. The number of nitrogens with zero attached hydrogens (tertiary/aromatic N) is 1. The number of nitrogens with one attached hydrogen (secondary N) is 1. The number of rotatable bonds is 9. The summed E-state index contributed by atoms with van der Waals surface area (Å²) in [6.07, 6.45) is 3.90. The highest BCUT2D eigenvalue weighted by Gasteiger charge is 2.07. The van der Waals surface area contributed by atoms with E-state index in [2.05, 4.69) is 19.2 Å². The van der Waals surface area contributed by atoms with Crippen LogP contribution in [0.25, 0.3) is 0 Å². The van der Waals surface area contributed by atoms with Gasteiger partial charge in [-0.05, 0) is 18.8 Å². The van der Waals surface area contributed by atoms with Crippen molar-refractivity contribution in [2.75, 3.05) is 20.1 Å². The Hall–Kier alpha value is -1.26. The Labute approximate surface area is 110 Å². The first-order valence-electron chi connectivity index (χ1n) is 6.64. The SMILES string of the molecule is CC(C)CCCCNC(=O)N(C)CCCC(=O)O. The number of aliphatic carboxylic acids is 1. The van der Waals surface area contributed by atoms with Crippen LogP contribution in [0, 0.1) is 5.92 Å². The van der Waals surface area contributed by atoms with Crippen LogP contribution in [0.15, 0.2) is 0 Å². The third-order valence-corrected chi connectivity index (χ3v) is 2.72. The molecule has 0 aromatic heterocycles. The zero-order valence-corrected chi connectivity index (χ0v) is 11.7. The van der Waals surface area contributed by atoms with E-state index in [1.807, 2.05) is 0 Å². The van der Waals surface area contributed by atoms with Crippen molar-refractivity contribution in [3.05, 3.63) is 0 Å². The number of unbranched alkanes of at least 4 members (excludes halogenated alkanes) is 1. The van der Waals surface area contributed by atoms with Gasteiger partial charge in [0, 0.05) is 26.6 Å². The van der Waals surface area contributed by atoms with E-state index in [4.69, 9.17) is 5.11 Å². The summed E-state index contributed by atoms with van der Waals surface area (Å²) < 4.78 is 0. The molecule has 0 aromatic rings. The number of carbonyl (C=O) groups excluding carboxylic acids is 1. The van der Waals surface area contributed by atoms with Crippen LogP contribution in [0.1, 0.15) is 46.0 Å². The molecule has 0 atom stereocenters. The predicted molar refractivity (Wildman–Crippen MR) is 71.6 cm³/mol. The molecule has 0 fully saturated rings. The van der Waals surface area contributed by atoms with E-state index in [0.717, 1.165) is 12.8 Å². The van der Waals surface area contributed by atoms with Gasteiger partial charge < -0.3 is 15.3 Å². The molecule has 0 spiro atoms. The van der Waals surface area contributed by atoms with Crippen LogP contribution < -0.4 is 5.32 Å². The van der Waals surface area contributed by atoms with Gasteiger partial charge in [0.05, 0.1) is 0 Å². The Morgan fingerprint density at radius 1 is 1.22 bits per heavy atom. The van der Waals surface area contributed by atoms with Gasteiger partial charge in [0.1, 0.15) is 0 Å². The largest absolute Gasteiger partial charge is 0.481 e. The second-order valence-corrected chi connectivity index (χ2v) is 5.04. The molecule has 106 valence electrons. The first-order valence-corrected chi connectivity index (χ1v) is 6.64. The van der Waals surface area contributed by atoms with Crippen LogP contribution in [0.5, 0.6) is 0 Å². The van der Waals surface area contributed by atoms with Gasteiger partial charge in [-0.15, -0.1) is 0 Å². The summed E-state index contributed by atoms with van der Waals surface area (Å²) in [4.78, 5) is 23.4. The number of hydrogen-bond acceptors (Lipinski definition) is 2.